The van der Waals surface area contributed by atoms with Crippen LogP contribution in [0.3, 0.4) is 0 Å². The largest absolute Gasteiger partial charge is 0.338 e. The van der Waals surface area contributed by atoms with Crippen LogP contribution in [0.1, 0.15) is 44.8 Å². The average molecular weight is 350 g/mol. The Morgan fingerprint density at radius 2 is 1.85 bits per heavy atom. The van der Waals surface area contributed by atoms with E-state index >= 15 is 0 Å². The normalized spacial score (nSPS) is 15.8. The summed E-state index contributed by atoms with van der Waals surface area (Å²) in [6, 6.07) is 6.81. The molecule has 0 N–H and O–H groups in total. The number of imide groups is 1. The number of hydrogen-bond acceptors (Lipinski definition) is 5. The Bertz CT molecular complexity index is 861. The summed E-state index contributed by atoms with van der Waals surface area (Å²) in [6.45, 7) is 1.41. The lowest BCUT2D eigenvalue weighted by molar-refractivity contribution is -0.132. The molecule has 3 amide bonds. The van der Waals surface area contributed by atoms with Crippen LogP contribution in [0.2, 0.25) is 0 Å². The van der Waals surface area contributed by atoms with Crippen molar-refractivity contribution in [3.05, 3.63) is 59.2 Å². The highest BCUT2D eigenvalue weighted by Crippen LogP contribution is 2.23. The average Bonchev–Trinajstić information content (AvgIpc) is 2.92. The molecule has 2 aromatic rings. The Balaban J connectivity index is 1.33. The van der Waals surface area contributed by atoms with E-state index in [0.717, 1.165) is 17.7 Å². The van der Waals surface area contributed by atoms with E-state index in [9.17, 15) is 14.4 Å². The molecule has 1 aromatic heterocycles. The predicted molar refractivity (Wildman–Crippen MR) is 92.2 cm³/mol. The van der Waals surface area contributed by atoms with Gasteiger partial charge in [0.2, 0.25) is 5.91 Å². The molecule has 0 saturated heterocycles. The quantitative estimate of drug-likeness (QED) is 0.779. The van der Waals surface area contributed by atoms with Crippen molar-refractivity contribution in [1.82, 2.24) is 19.8 Å². The van der Waals surface area contributed by atoms with Crippen LogP contribution in [0.25, 0.3) is 0 Å². The Morgan fingerprint density at radius 1 is 1.12 bits per heavy atom. The van der Waals surface area contributed by atoms with E-state index in [2.05, 4.69) is 9.97 Å². The van der Waals surface area contributed by atoms with Gasteiger partial charge in [-0.3, -0.25) is 19.3 Å². The first-order valence-electron chi connectivity index (χ1n) is 8.66. The van der Waals surface area contributed by atoms with Crippen LogP contribution in [-0.4, -0.2) is 50.6 Å². The van der Waals surface area contributed by atoms with E-state index in [1.165, 1.54) is 11.2 Å². The smallest absolute Gasteiger partial charge is 0.261 e. The molecule has 7 heteroatoms. The van der Waals surface area contributed by atoms with Crippen molar-refractivity contribution in [3.63, 3.8) is 0 Å². The maximum absolute atomic E-state index is 12.5. The predicted octanol–water partition coefficient (Wildman–Crippen LogP) is 1.44. The van der Waals surface area contributed by atoms with Crippen LogP contribution in [-0.2, 0) is 17.8 Å². The van der Waals surface area contributed by atoms with Crippen LogP contribution in [0, 0.1) is 0 Å². The van der Waals surface area contributed by atoms with Crippen molar-refractivity contribution < 1.29 is 14.4 Å². The molecule has 0 radical (unpaired) electrons. The number of carbonyl (C=O) groups excluding carboxylic acids is 3. The van der Waals surface area contributed by atoms with Crippen molar-refractivity contribution in [3.8, 4) is 0 Å². The fourth-order valence-corrected chi connectivity index (χ4v) is 3.47. The van der Waals surface area contributed by atoms with Crippen LogP contribution in [0.4, 0.5) is 0 Å². The molecule has 0 unspecified atom stereocenters. The number of nitrogens with zero attached hydrogens (tertiary/aromatic N) is 4. The summed E-state index contributed by atoms with van der Waals surface area (Å²) in [6.07, 6.45) is 4.76. The zero-order valence-corrected chi connectivity index (χ0v) is 14.2. The Labute approximate surface area is 150 Å². The number of rotatable bonds is 4. The first-order chi connectivity index (χ1) is 12.6. The number of aromatic nitrogens is 2. The maximum Gasteiger partial charge on any atom is 0.261 e. The summed E-state index contributed by atoms with van der Waals surface area (Å²) in [5.41, 5.74) is 2.86. The second-order valence-electron chi connectivity index (χ2n) is 6.47. The third kappa shape index (κ3) is 2.85. The van der Waals surface area contributed by atoms with Gasteiger partial charge in [-0.1, -0.05) is 12.1 Å². The minimum Gasteiger partial charge on any atom is -0.338 e. The number of fused-ring (bicyclic) bond motifs is 2. The molecule has 2 aliphatic heterocycles. The lowest BCUT2D eigenvalue weighted by Gasteiger charge is -2.28. The van der Waals surface area contributed by atoms with Gasteiger partial charge in [0.25, 0.3) is 11.8 Å². The second kappa shape index (κ2) is 6.67. The summed E-state index contributed by atoms with van der Waals surface area (Å²) in [5.74, 6) is -0.527. The van der Waals surface area contributed by atoms with Gasteiger partial charge in [-0.2, -0.15) is 0 Å². The van der Waals surface area contributed by atoms with Gasteiger partial charge in [0.15, 0.2) is 0 Å². The summed E-state index contributed by atoms with van der Waals surface area (Å²) < 4.78 is 0. The van der Waals surface area contributed by atoms with Crippen molar-refractivity contribution in [1.29, 1.82) is 0 Å². The van der Waals surface area contributed by atoms with Gasteiger partial charge in [0.05, 0.1) is 16.8 Å². The monoisotopic (exact) mass is 350 g/mol. The highest BCUT2D eigenvalue weighted by Gasteiger charge is 2.34. The van der Waals surface area contributed by atoms with Gasteiger partial charge >= 0.3 is 0 Å². The minimum absolute atomic E-state index is 0.0242. The third-order valence-electron chi connectivity index (χ3n) is 4.86. The molecule has 2 aliphatic rings. The molecule has 7 nitrogen and oxygen atoms in total. The van der Waals surface area contributed by atoms with Crippen LogP contribution in [0.15, 0.2) is 36.8 Å². The summed E-state index contributed by atoms with van der Waals surface area (Å²) in [7, 11) is 0. The fourth-order valence-electron chi connectivity index (χ4n) is 3.47. The second-order valence-corrected chi connectivity index (χ2v) is 6.47. The lowest BCUT2D eigenvalue weighted by atomic mass is 10.1. The van der Waals surface area contributed by atoms with E-state index in [1.807, 2.05) is 0 Å². The SMILES string of the molecule is O=C(CCCN1C(=O)c2ccccc2C1=O)N1CCc2ncncc2C1. The van der Waals surface area contributed by atoms with Gasteiger partial charge in [-0.05, 0) is 18.6 Å². The number of hydrogen-bond donors (Lipinski definition) is 0. The molecule has 0 saturated carbocycles. The van der Waals surface area contributed by atoms with Gasteiger partial charge in [0, 0.05) is 44.2 Å². The Morgan fingerprint density at radius 3 is 2.58 bits per heavy atom. The van der Waals surface area contributed by atoms with E-state index in [1.54, 1.807) is 35.4 Å². The highest BCUT2D eigenvalue weighted by molar-refractivity contribution is 6.21. The van der Waals surface area contributed by atoms with E-state index in [0.29, 0.717) is 37.1 Å². The molecule has 26 heavy (non-hydrogen) atoms. The number of benzene rings is 1. The molecule has 0 aliphatic carbocycles. The molecule has 0 spiro atoms. The van der Waals surface area contributed by atoms with Crippen molar-refractivity contribution in [2.45, 2.75) is 25.8 Å². The molecule has 0 fully saturated rings. The third-order valence-corrected chi connectivity index (χ3v) is 4.86. The van der Waals surface area contributed by atoms with E-state index in [4.69, 9.17) is 0 Å². The molecular weight excluding hydrogens is 332 g/mol. The topological polar surface area (TPSA) is 83.5 Å². The van der Waals surface area contributed by atoms with Crippen molar-refractivity contribution >= 4 is 17.7 Å². The summed E-state index contributed by atoms with van der Waals surface area (Å²) in [5, 5.41) is 0. The Hall–Kier alpha value is -3.09. The Kier molecular flexibility index (Phi) is 4.20. The number of carbonyl (C=O) groups is 3. The maximum atomic E-state index is 12.5. The lowest BCUT2D eigenvalue weighted by Crippen LogP contribution is -2.37. The molecule has 4 rings (SSSR count). The summed E-state index contributed by atoms with van der Waals surface area (Å²) >= 11 is 0. The van der Waals surface area contributed by atoms with Crippen molar-refractivity contribution in [2.24, 2.45) is 0 Å². The van der Waals surface area contributed by atoms with Gasteiger partial charge in [0.1, 0.15) is 6.33 Å². The zero-order chi connectivity index (χ0) is 18.1. The van der Waals surface area contributed by atoms with Gasteiger partial charge in [-0.25, -0.2) is 9.97 Å². The first-order valence-corrected chi connectivity index (χ1v) is 8.66. The molecule has 132 valence electrons. The molecule has 0 atom stereocenters. The van der Waals surface area contributed by atoms with Gasteiger partial charge < -0.3 is 4.90 Å². The molecule has 3 heterocycles. The van der Waals surface area contributed by atoms with Gasteiger partial charge in [-0.15, -0.1) is 0 Å². The standard InChI is InChI=1S/C19H18N4O3/c24-17(22-9-7-16-13(11-22)10-20-12-21-16)6-3-8-23-18(25)14-4-1-2-5-15(14)19(23)26/h1-2,4-5,10,12H,3,6-9,11H2. The van der Waals surface area contributed by atoms with Crippen LogP contribution < -0.4 is 0 Å². The molecule has 1 aromatic carbocycles. The minimum atomic E-state index is -0.276. The number of amides is 3. The van der Waals surface area contributed by atoms with E-state index < -0.39 is 0 Å². The van der Waals surface area contributed by atoms with E-state index in [-0.39, 0.29) is 24.3 Å². The van der Waals surface area contributed by atoms with Crippen molar-refractivity contribution in [2.75, 3.05) is 13.1 Å². The van der Waals surface area contributed by atoms with Crippen LogP contribution in [0.5, 0.6) is 0 Å². The van der Waals surface area contributed by atoms with Crippen LogP contribution >= 0.6 is 0 Å². The highest BCUT2D eigenvalue weighted by atomic mass is 16.2. The summed E-state index contributed by atoms with van der Waals surface area (Å²) in [4.78, 5) is 48.4. The molecular formula is C19H18N4O3. The zero-order valence-electron chi connectivity index (χ0n) is 14.2. The fraction of sp³-hybridized carbons (Fsp3) is 0.316. The molecule has 0 bridgehead atoms. The first kappa shape index (κ1) is 16.4.